The van der Waals surface area contributed by atoms with Gasteiger partial charge in [-0.15, -0.1) is 5.10 Å². The zero-order chi connectivity index (χ0) is 11.5. The van der Waals surface area contributed by atoms with E-state index in [0.717, 1.165) is 11.3 Å². The maximum Gasteiger partial charge on any atom is 0.142 e. The van der Waals surface area contributed by atoms with Crippen molar-refractivity contribution in [2.75, 3.05) is 0 Å². The van der Waals surface area contributed by atoms with Gasteiger partial charge in [-0.3, -0.25) is 0 Å². The molecular weight excluding hydrogens is 249 g/mol. The van der Waals surface area contributed by atoms with Crippen LogP contribution in [0, 0.1) is 5.82 Å². The second-order valence-corrected chi connectivity index (χ2v) is 4.41. The highest BCUT2D eigenvalue weighted by atomic mass is 35.5. The maximum atomic E-state index is 13.2. The summed E-state index contributed by atoms with van der Waals surface area (Å²) in [6.07, 6.45) is 0.513. The zero-order valence-electron chi connectivity index (χ0n) is 8.23. The Kier molecular flexibility index (Phi) is 3.48. The minimum atomic E-state index is -0.428. The van der Waals surface area contributed by atoms with E-state index in [2.05, 4.69) is 9.59 Å². The van der Waals surface area contributed by atoms with Crippen molar-refractivity contribution in [3.05, 3.63) is 45.7 Å². The molecule has 0 aliphatic heterocycles. The van der Waals surface area contributed by atoms with Crippen molar-refractivity contribution in [1.82, 2.24) is 9.59 Å². The van der Waals surface area contributed by atoms with E-state index in [4.69, 9.17) is 17.3 Å². The summed E-state index contributed by atoms with van der Waals surface area (Å²) in [6.45, 7) is 0. The third-order valence-corrected chi connectivity index (χ3v) is 3.03. The van der Waals surface area contributed by atoms with Gasteiger partial charge in [-0.25, -0.2) is 4.39 Å². The summed E-state index contributed by atoms with van der Waals surface area (Å²) in [7, 11) is 0. The molecule has 3 nitrogen and oxygen atoms in total. The van der Waals surface area contributed by atoms with Gasteiger partial charge in [0.25, 0.3) is 0 Å². The van der Waals surface area contributed by atoms with E-state index >= 15 is 0 Å². The number of nitrogens with zero attached hydrogens (tertiary/aromatic N) is 2. The van der Waals surface area contributed by atoms with Gasteiger partial charge in [-0.2, -0.15) is 0 Å². The number of nitrogens with two attached hydrogens (primary N) is 1. The lowest BCUT2D eigenvalue weighted by Crippen LogP contribution is -2.13. The Hall–Kier alpha value is -1.04. The summed E-state index contributed by atoms with van der Waals surface area (Å²) in [5, 5.41) is 5.78. The molecule has 0 bridgehead atoms. The van der Waals surface area contributed by atoms with Gasteiger partial charge < -0.3 is 5.73 Å². The second kappa shape index (κ2) is 4.86. The normalized spacial score (nSPS) is 12.7. The Morgan fingerprint density at radius 3 is 2.94 bits per heavy atom. The Morgan fingerprint density at radius 1 is 1.50 bits per heavy atom. The predicted octanol–water partition coefficient (Wildman–Crippen LogP) is 2.57. The van der Waals surface area contributed by atoms with Crippen LogP contribution in [0.5, 0.6) is 0 Å². The third kappa shape index (κ3) is 2.55. The first kappa shape index (κ1) is 11.4. The predicted molar refractivity (Wildman–Crippen MR) is 62.0 cm³/mol. The lowest BCUT2D eigenvalue weighted by molar-refractivity contribution is 0.621. The third-order valence-electron chi connectivity index (χ3n) is 2.20. The van der Waals surface area contributed by atoms with Gasteiger partial charge in [0.15, 0.2) is 0 Å². The SMILES string of the molecule is NC(Cc1ccc(Cl)c(F)c1)c1csnn1. The van der Waals surface area contributed by atoms with E-state index in [0.29, 0.717) is 6.42 Å². The molecule has 0 amide bonds. The van der Waals surface area contributed by atoms with Crippen molar-refractivity contribution in [2.24, 2.45) is 5.73 Å². The van der Waals surface area contributed by atoms with Crippen LogP contribution in [0.1, 0.15) is 17.3 Å². The molecule has 0 saturated carbocycles. The van der Waals surface area contributed by atoms with Crippen LogP contribution in [0.2, 0.25) is 5.02 Å². The maximum absolute atomic E-state index is 13.2. The topological polar surface area (TPSA) is 51.8 Å². The highest BCUT2D eigenvalue weighted by Crippen LogP contribution is 2.19. The Labute approximate surface area is 101 Å². The molecule has 0 fully saturated rings. The van der Waals surface area contributed by atoms with Crippen LogP contribution >= 0.6 is 23.1 Å². The summed E-state index contributed by atoms with van der Waals surface area (Å²) in [6, 6.07) is 4.41. The van der Waals surface area contributed by atoms with Crippen LogP contribution < -0.4 is 5.73 Å². The number of aromatic nitrogens is 2. The van der Waals surface area contributed by atoms with E-state index in [9.17, 15) is 4.39 Å². The Balaban J connectivity index is 2.12. The molecule has 1 atom stereocenters. The zero-order valence-corrected chi connectivity index (χ0v) is 9.80. The van der Waals surface area contributed by atoms with Crippen LogP contribution in [0.3, 0.4) is 0 Å². The summed E-state index contributed by atoms with van der Waals surface area (Å²) >= 11 is 6.84. The quantitative estimate of drug-likeness (QED) is 0.920. The van der Waals surface area contributed by atoms with Gasteiger partial charge in [-0.05, 0) is 35.6 Å². The Morgan fingerprint density at radius 2 is 2.31 bits per heavy atom. The van der Waals surface area contributed by atoms with Gasteiger partial charge in [0.1, 0.15) is 5.82 Å². The standard InChI is InChI=1S/C10H9ClFN3S/c11-7-2-1-6(3-8(7)12)4-9(13)10-5-16-15-14-10/h1-3,5,9H,4,13H2. The lowest BCUT2D eigenvalue weighted by atomic mass is 10.0. The monoisotopic (exact) mass is 257 g/mol. The van der Waals surface area contributed by atoms with E-state index in [-0.39, 0.29) is 11.1 Å². The first-order chi connectivity index (χ1) is 7.66. The molecule has 0 spiro atoms. The van der Waals surface area contributed by atoms with Crippen molar-refractivity contribution in [3.63, 3.8) is 0 Å². The van der Waals surface area contributed by atoms with Crippen molar-refractivity contribution in [3.8, 4) is 0 Å². The number of rotatable bonds is 3. The smallest absolute Gasteiger partial charge is 0.142 e. The number of hydrogen-bond donors (Lipinski definition) is 1. The molecule has 2 N–H and O–H groups in total. The number of benzene rings is 1. The second-order valence-electron chi connectivity index (χ2n) is 3.39. The van der Waals surface area contributed by atoms with Crippen molar-refractivity contribution < 1.29 is 4.39 Å². The summed E-state index contributed by atoms with van der Waals surface area (Å²) in [5.74, 6) is -0.428. The van der Waals surface area contributed by atoms with E-state index in [1.165, 1.54) is 23.7 Å². The van der Waals surface area contributed by atoms with E-state index in [1.807, 2.05) is 0 Å². The fourth-order valence-electron chi connectivity index (χ4n) is 1.36. The molecule has 16 heavy (non-hydrogen) atoms. The average Bonchev–Trinajstić information content (AvgIpc) is 2.77. The summed E-state index contributed by atoms with van der Waals surface area (Å²) in [4.78, 5) is 0. The highest BCUT2D eigenvalue weighted by molar-refractivity contribution is 7.03. The molecule has 2 aromatic rings. The number of hydrogen-bond acceptors (Lipinski definition) is 4. The van der Waals surface area contributed by atoms with Gasteiger partial charge in [0, 0.05) is 5.38 Å². The van der Waals surface area contributed by atoms with Crippen LogP contribution in [-0.4, -0.2) is 9.59 Å². The van der Waals surface area contributed by atoms with Crippen molar-refractivity contribution >= 4 is 23.1 Å². The molecule has 0 saturated heterocycles. The first-order valence-electron chi connectivity index (χ1n) is 4.63. The van der Waals surface area contributed by atoms with Crippen molar-refractivity contribution in [1.29, 1.82) is 0 Å². The van der Waals surface area contributed by atoms with Crippen LogP contribution in [0.15, 0.2) is 23.6 Å². The van der Waals surface area contributed by atoms with Gasteiger partial charge in [0.05, 0.1) is 16.8 Å². The highest BCUT2D eigenvalue weighted by Gasteiger charge is 2.11. The molecular formula is C10H9ClFN3S. The lowest BCUT2D eigenvalue weighted by Gasteiger charge is -2.08. The van der Waals surface area contributed by atoms with Gasteiger partial charge >= 0.3 is 0 Å². The molecule has 1 heterocycles. The molecule has 84 valence electrons. The van der Waals surface area contributed by atoms with Crippen LogP contribution in [0.25, 0.3) is 0 Å². The first-order valence-corrected chi connectivity index (χ1v) is 5.84. The van der Waals surface area contributed by atoms with Gasteiger partial charge in [0.2, 0.25) is 0 Å². The Bertz CT molecular complexity index is 475. The molecule has 1 aromatic carbocycles. The van der Waals surface area contributed by atoms with E-state index in [1.54, 1.807) is 11.4 Å². The fraction of sp³-hybridized carbons (Fsp3) is 0.200. The van der Waals surface area contributed by atoms with Crippen LogP contribution in [0.4, 0.5) is 4.39 Å². The van der Waals surface area contributed by atoms with E-state index < -0.39 is 5.82 Å². The molecule has 2 rings (SSSR count). The largest absolute Gasteiger partial charge is 0.322 e. The molecule has 0 radical (unpaired) electrons. The molecule has 0 aliphatic carbocycles. The van der Waals surface area contributed by atoms with Gasteiger partial charge in [-0.1, -0.05) is 22.2 Å². The minimum Gasteiger partial charge on any atom is -0.322 e. The molecule has 1 unspecified atom stereocenters. The van der Waals surface area contributed by atoms with Crippen molar-refractivity contribution in [2.45, 2.75) is 12.5 Å². The average molecular weight is 258 g/mol. The number of halogens is 2. The van der Waals surface area contributed by atoms with Crippen LogP contribution in [-0.2, 0) is 6.42 Å². The molecule has 1 aromatic heterocycles. The summed E-state index contributed by atoms with van der Waals surface area (Å²) in [5.41, 5.74) is 7.42. The summed E-state index contributed by atoms with van der Waals surface area (Å²) < 4.78 is 16.9. The molecule has 0 aliphatic rings. The molecule has 6 heteroatoms. The minimum absolute atomic E-state index is 0.118. The fourth-order valence-corrected chi connectivity index (χ4v) is 1.99.